The van der Waals surface area contributed by atoms with Crippen LogP contribution >= 0.6 is 23.2 Å². The van der Waals surface area contributed by atoms with E-state index in [2.05, 4.69) is 9.88 Å². The van der Waals surface area contributed by atoms with Crippen molar-refractivity contribution in [2.45, 2.75) is 0 Å². The number of aromatic nitrogens is 1. The number of anilines is 1. The number of benzene rings is 1. The number of rotatable bonds is 4. The Hall–Kier alpha value is -2.31. The Bertz CT molecular complexity index is 791. The summed E-state index contributed by atoms with van der Waals surface area (Å²) in [6.45, 7) is 2.22. The average molecular weight is 394 g/mol. The Kier molecular flexibility index (Phi) is 5.96. The molecule has 2 aromatic rings. The predicted octanol–water partition coefficient (Wildman–Crippen LogP) is 2.89. The molecule has 3 rings (SSSR count). The molecule has 1 fully saturated rings. The molecule has 0 bridgehead atoms. The van der Waals surface area contributed by atoms with Crippen LogP contribution in [0.1, 0.15) is 10.4 Å². The van der Waals surface area contributed by atoms with Crippen LogP contribution in [-0.2, 0) is 9.53 Å². The molecule has 1 aromatic heterocycles. The fourth-order valence-corrected chi connectivity index (χ4v) is 2.98. The Labute approximate surface area is 161 Å². The molecule has 2 heterocycles. The number of carbonyl (C=O) groups excluding carboxylic acids is 2. The van der Waals surface area contributed by atoms with E-state index in [4.69, 9.17) is 27.9 Å². The monoisotopic (exact) mass is 393 g/mol. The molecule has 26 heavy (non-hydrogen) atoms. The molecule has 8 heteroatoms. The standard InChI is InChI=1S/C18H17Cl2N3O3/c19-14-2-1-3-15(10-14)22-6-8-23(9-7-22)17(24)12-26-18(25)13-4-5-16(20)21-11-13/h1-5,10-11H,6-9,12H2. The van der Waals surface area contributed by atoms with Gasteiger partial charge in [0, 0.05) is 43.1 Å². The van der Waals surface area contributed by atoms with E-state index in [1.807, 2.05) is 24.3 Å². The fourth-order valence-electron chi connectivity index (χ4n) is 2.69. The highest BCUT2D eigenvalue weighted by Crippen LogP contribution is 2.20. The van der Waals surface area contributed by atoms with Gasteiger partial charge in [0.2, 0.25) is 0 Å². The van der Waals surface area contributed by atoms with Gasteiger partial charge in [-0.3, -0.25) is 4.79 Å². The average Bonchev–Trinajstić information content (AvgIpc) is 2.66. The fraction of sp³-hybridized carbons (Fsp3) is 0.278. The molecule has 0 unspecified atom stereocenters. The van der Waals surface area contributed by atoms with Crippen molar-refractivity contribution in [1.29, 1.82) is 0 Å². The summed E-state index contributed by atoms with van der Waals surface area (Å²) in [7, 11) is 0. The molecule has 1 saturated heterocycles. The smallest absolute Gasteiger partial charge is 0.340 e. The molecule has 1 amide bonds. The van der Waals surface area contributed by atoms with Crippen molar-refractivity contribution in [3.63, 3.8) is 0 Å². The van der Waals surface area contributed by atoms with E-state index < -0.39 is 5.97 Å². The summed E-state index contributed by atoms with van der Waals surface area (Å²) in [5, 5.41) is 0.972. The van der Waals surface area contributed by atoms with Gasteiger partial charge in [-0.05, 0) is 30.3 Å². The molecule has 0 saturated carbocycles. The van der Waals surface area contributed by atoms with E-state index in [0.29, 0.717) is 31.2 Å². The van der Waals surface area contributed by atoms with Gasteiger partial charge in [-0.25, -0.2) is 9.78 Å². The number of nitrogens with zero attached hydrogens (tertiary/aromatic N) is 3. The number of hydrogen-bond donors (Lipinski definition) is 0. The number of piperazine rings is 1. The molecule has 0 atom stereocenters. The summed E-state index contributed by atoms with van der Waals surface area (Å²) in [5.74, 6) is -0.814. The maximum atomic E-state index is 12.3. The normalized spacial score (nSPS) is 14.2. The van der Waals surface area contributed by atoms with Gasteiger partial charge in [0.05, 0.1) is 5.56 Å². The van der Waals surface area contributed by atoms with Crippen LogP contribution in [0.5, 0.6) is 0 Å². The Morgan fingerprint density at radius 2 is 1.85 bits per heavy atom. The van der Waals surface area contributed by atoms with Crippen LogP contribution in [0.3, 0.4) is 0 Å². The molecule has 1 aliphatic heterocycles. The maximum absolute atomic E-state index is 12.3. The van der Waals surface area contributed by atoms with Crippen LogP contribution in [0, 0.1) is 0 Å². The first-order valence-electron chi connectivity index (χ1n) is 8.10. The maximum Gasteiger partial charge on any atom is 0.340 e. The second-order valence-corrected chi connectivity index (χ2v) is 6.62. The summed E-state index contributed by atoms with van der Waals surface area (Å²) >= 11 is 11.7. The van der Waals surface area contributed by atoms with Crippen molar-refractivity contribution in [2.24, 2.45) is 0 Å². The van der Waals surface area contributed by atoms with Gasteiger partial charge in [0.15, 0.2) is 6.61 Å². The summed E-state index contributed by atoms with van der Waals surface area (Å²) in [6.07, 6.45) is 1.32. The number of carbonyl (C=O) groups is 2. The van der Waals surface area contributed by atoms with Crippen LogP contribution in [0.4, 0.5) is 5.69 Å². The van der Waals surface area contributed by atoms with Gasteiger partial charge in [-0.15, -0.1) is 0 Å². The zero-order valence-electron chi connectivity index (χ0n) is 13.9. The van der Waals surface area contributed by atoms with E-state index in [9.17, 15) is 9.59 Å². The van der Waals surface area contributed by atoms with E-state index in [0.717, 1.165) is 5.69 Å². The van der Waals surface area contributed by atoms with Crippen molar-refractivity contribution < 1.29 is 14.3 Å². The number of hydrogen-bond acceptors (Lipinski definition) is 5. The first-order valence-corrected chi connectivity index (χ1v) is 8.85. The molecule has 136 valence electrons. The first kappa shape index (κ1) is 18.5. The van der Waals surface area contributed by atoms with Crippen molar-refractivity contribution in [3.8, 4) is 0 Å². The molecule has 0 N–H and O–H groups in total. The van der Waals surface area contributed by atoms with Crippen molar-refractivity contribution in [2.75, 3.05) is 37.7 Å². The van der Waals surface area contributed by atoms with Gasteiger partial charge in [0.1, 0.15) is 5.15 Å². The molecule has 0 radical (unpaired) electrons. The minimum Gasteiger partial charge on any atom is -0.452 e. The zero-order valence-corrected chi connectivity index (χ0v) is 15.4. The number of amides is 1. The topological polar surface area (TPSA) is 62.7 Å². The van der Waals surface area contributed by atoms with Crippen molar-refractivity contribution in [1.82, 2.24) is 9.88 Å². The van der Waals surface area contributed by atoms with Crippen LogP contribution in [0.2, 0.25) is 10.2 Å². The predicted molar refractivity (Wildman–Crippen MR) is 99.8 cm³/mol. The molecule has 1 aliphatic rings. The largest absolute Gasteiger partial charge is 0.452 e. The zero-order chi connectivity index (χ0) is 18.5. The van der Waals surface area contributed by atoms with Crippen molar-refractivity contribution in [3.05, 3.63) is 58.3 Å². The lowest BCUT2D eigenvalue weighted by molar-refractivity contribution is -0.134. The number of pyridine rings is 1. The lowest BCUT2D eigenvalue weighted by Gasteiger charge is -2.36. The highest BCUT2D eigenvalue weighted by Gasteiger charge is 2.22. The van der Waals surface area contributed by atoms with E-state index >= 15 is 0 Å². The minimum atomic E-state index is -0.597. The van der Waals surface area contributed by atoms with E-state index in [-0.39, 0.29) is 23.2 Å². The molecular formula is C18H17Cl2N3O3. The summed E-state index contributed by atoms with van der Waals surface area (Å²) in [5.41, 5.74) is 1.29. The summed E-state index contributed by atoms with van der Waals surface area (Å²) in [6, 6.07) is 10.6. The molecule has 6 nitrogen and oxygen atoms in total. The SMILES string of the molecule is O=C(OCC(=O)N1CCN(c2cccc(Cl)c2)CC1)c1ccc(Cl)nc1. The van der Waals surface area contributed by atoms with E-state index in [1.54, 1.807) is 4.90 Å². The summed E-state index contributed by atoms with van der Waals surface area (Å²) in [4.78, 5) is 31.8. The Balaban J connectivity index is 1.47. The molecule has 1 aromatic carbocycles. The van der Waals surface area contributed by atoms with Crippen LogP contribution in [0.25, 0.3) is 0 Å². The second kappa shape index (κ2) is 8.38. The Morgan fingerprint density at radius 3 is 2.50 bits per heavy atom. The third kappa shape index (κ3) is 4.65. The van der Waals surface area contributed by atoms with Gasteiger partial charge in [-0.1, -0.05) is 29.3 Å². The van der Waals surface area contributed by atoms with Crippen LogP contribution in [-0.4, -0.2) is 54.5 Å². The highest BCUT2D eigenvalue weighted by atomic mass is 35.5. The van der Waals surface area contributed by atoms with E-state index in [1.165, 1.54) is 18.3 Å². The lowest BCUT2D eigenvalue weighted by atomic mass is 10.2. The Morgan fingerprint density at radius 1 is 1.08 bits per heavy atom. The van der Waals surface area contributed by atoms with Gasteiger partial charge >= 0.3 is 5.97 Å². The highest BCUT2D eigenvalue weighted by molar-refractivity contribution is 6.30. The van der Waals surface area contributed by atoms with Crippen molar-refractivity contribution >= 4 is 40.8 Å². The minimum absolute atomic E-state index is 0.217. The molecule has 0 spiro atoms. The van der Waals surface area contributed by atoms with Gasteiger partial charge in [-0.2, -0.15) is 0 Å². The van der Waals surface area contributed by atoms with Gasteiger partial charge in [0.25, 0.3) is 5.91 Å². The third-order valence-electron chi connectivity index (χ3n) is 4.10. The number of ether oxygens (including phenoxy) is 1. The molecular weight excluding hydrogens is 377 g/mol. The van der Waals surface area contributed by atoms with Gasteiger partial charge < -0.3 is 14.5 Å². The number of esters is 1. The number of halogens is 2. The third-order valence-corrected chi connectivity index (χ3v) is 4.55. The second-order valence-electron chi connectivity index (χ2n) is 5.79. The van der Waals surface area contributed by atoms with Crippen LogP contribution in [0.15, 0.2) is 42.6 Å². The quantitative estimate of drug-likeness (QED) is 0.590. The first-order chi connectivity index (χ1) is 12.5. The lowest BCUT2D eigenvalue weighted by Crippen LogP contribution is -2.49. The molecule has 0 aliphatic carbocycles. The summed E-state index contributed by atoms with van der Waals surface area (Å²) < 4.78 is 5.07. The van der Waals surface area contributed by atoms with Crippen LogP contribution < -0.4 is 4.90 Å².